The summed E-state index contributed by atoms with van der Waals surface area (Å²) >= 11 is 0. The number of guanidine groups is 1. The predicted molar refractivity (Wildman–Crippen MR) is 119 cm³/mol. The first kappa shape index (κ1) is 23.6. The van der Waals surface area contributed by atoms with Crippen LogP contribution in [0.15, 0.2) is 29.5 Å². The zero-order valence-corrected chi connectivity index (χ0v) is 18.6. The maximum atomic E-state index is 12.0. The Morgan fingerprint density at radius 1 is 1.30 bits per heavy atom. The van der Waals surface area contributed by atoms with Crippen LogP contribution in [0.4, 0.5) is 0 Å². The van der Waals surface area contributed by atoms with Gasteiger partial charge in [-0.2, -0.15) is 0 Å². The van der Waals surface area contributed by atoms with Crippen LogP contribution in [0.2, 0.25) is 0 Å². The standard InChI is InChI=1S/C19H31N5O2.HI/c1-3-21-18(24-15-19(7-5-8-19)9-13-26-2)23-12-11-22-17(25)16-6-4-10-20-14-16;/h4,6,10,14H,3,5,7-9,11-13,15H2,1-2H3,(H,22,25)(H2,21,23,24);1H. The number of hydrogen-bond acceptors (Lipinski definition) is 4. The van der Waals surface area contributed by atoms with Crippen LogP contribution in [0.25, 0.3) is 0 Å². The Morgan fingerprint density at radius 3 is 2.67 bits per heavy atom. The van der Waals surface area contributed by atoms with Crippen LogP contribution in [0.3, 0.4) is 0 Å². The number of nitrogens with zero attached hydrogens (tertiary/aromatic N) is 2. The molecule has 1 aliphatic carbocycles. The van der Waals surface area contributed by atoms with Crippen LogP contribution in [-0.2, 0) is 4.74 Å². The Labute approximate surface area is 179 Å². The van der Waals surface area contributed by atoms with Crippen molar-refractivity contribution in [2.24, 2.45) is 10.4 Å². The Kier molecular flexibility index (Phi) is 11.3. The molecule has 0 aromatic carbocycles. The van der Waals surface area contributed by atoms with Gasteiger partial charge in [0.15, 0.2) is 5.96 Å². The van der Waals surface area contributed by atoms with Gasteiger partial charge in [0, 0.05) is 52.3 Å². The number of aliphatic imine (C=N–C) groups is 1. The van der Waals surface area contributed by atoms with E-state index in [9.17, 15) is 4.79 Å². The highest BCUT2D eigenvalue weighted by Gasteiger charge is 2.36. The highest BCUT2D eigenvalue weighted by Crippen LogP contribution is 2.44. The average molecular weight is 489 g/mol. The number of nitrogens with one attached hydrogen (secondary N) is 3. The van der Waals surface area contributed by atoms with E-state index in [2.05, 4.69) is 20.9 Å². The molecule has 152 valence electrons. The van der Waals surface area contributed by atoms with E-state index in [0.29, 0.717) is 24.1 Å². The van der Waals surface area contributed by atoms with Crippen molar-refractivity contribution in [3.63, 3.8) is 0 Å². The molecule has 7 nitrogen and oxygen atoms in total. The lowest BCUT2D eigenvalue weighted by Gasteiger charge is -2.40. The van der Waals surface area contributed by atoms with Crippen molar-refractivity contribution in [3.05, 3.63) is 30.1 Å². The molecule has 8 heteroatoms. The fraction of sp³-hybridized carbons (Fsp3) is 0.632. The second-order valence-corrected chi connectivity index (χ2v) is 6.72. The van der Waals surface area contributed by atoms with Gasteiger partial charge in [-0.1, -0.05) is 6.42 Å². The van der Waals surface area contributed by atoms with Gasteiger partial charge in [-0.3, -0.25) is 14.8 Å². The molecule has 1 amide bonds. The number of carbonyl (C=O) groups excluding carboxylic acids is 1. The number of hydrogen-bond donors (Lipinski definition) is 3. The van der Waals surface area contributed by atoms with Crippen molar-refractivity contribution in [3.8, 4) is 0 Å². The number of rotatable bonds is 10. The summed E-state index contributed by atoms with van der Waals surface area (Å²) in [5.41, 5.74) is 0.866. The molecule has 3 N–H and O–H groups in total. The smallest absolute Gasteiger partial charge is 0.252 e. The largest absolute Gasteiger partial charge is 0.385 e. The second-order valence-electron chi connectivity index (χ2n) is 6.72. The molecule has 1 fully saturated rings. The summed E-state index contributed by atoms with van der Waals surface area (Å²) in [6.45, 7) is 5.59. The van der Waals surface area contributed by atoms with Gasteiger partial charge in [0.25, 0.3) is 5.91 Å². The summed E-state index contributed by atoms with van der Waals surface area (Å²) in [6, 6.07) is 3.50. The van der Waals surface area contributed by atoms with E-state index in [4.69, 9.17) is 9.73 Å². The summed E-state index contributed by atoms with van der Waals surface area (Å²) in [7, 11) is 1.75. The lowest BCUT2D eigenvalue weighted by molar-refractivity contribution is 0.0778. The van der Waals surface area contributed by atoms with E-state index in [1.807, 2.05) is 6.92 Å². The number of aromatic nitrogens is 1. The molecule has 0 radical (unpaired) electrons. The molecule has 1 saturated carbocycles. The molecular weight excluding hydrogens is 457 g/mol. The first-order valence-electron chi connectivity index (χ1n) is 9.38. The summed E-state index contributed by atoms with van der Waals surface area (Å²) in [5.74, 6) is 0.682. The van der Waals surface area contributed by atoms with Gasteiger partial charge in [0.2, 0.25) is 0 Å². The van der Waals surface area contributed by atoms with Gasteiger partial charge in [-0.05, 0) is 43.7 Å². The Balaban J connectivity index is 0.00000364. The quantitative estimate of drug-likeness (QED) is 0.203. The van der Waals surface area contributed by atoms with Crippen LogP contribution in [0.5, 0.6) is 0 Å². The molecule has 0 aliphatic heterocycles. The Hall–Kier alpha value is -1.42. The van der Waals surface area contributed by atoms with Crippen LogP contribution >= 0.6 is 24.0 Å². The number of carbonyl (C=O) groups is 1. The van der Waals surface area contributed by atoms with Crippen molar-refractivity contribution in [1.29, 1.82) is 0 Å². The van der Waals surface area contributed by atoms with Gasteiger partial charge in [0.1, 0.15) is 0 Å². The van der Waals surface area contributed by atoms with Gasteiger partial charge < -0.3 is 20.7 Å². The van der Waals surface area contributed by atoms with Crippen molar-refractivity contribution in [2.45, 2.75) is 32.6 Å². The fourth-order valence-electron chi connectivity index (χ4n) is 3.03. The predicted octanol–water partition coefficient (Wildman–Crippen LogP) is 2.19. The van der Waals surface area contributed by atoms with Crippen molar-refractivity contribution in [2.75, 3.05) is 39.9 Å². The van der Waals surface area contributed by atoms with Crippen LogP contribution < -0.4 is 16.0 Å². The van der Waals surface area contributed by atoms with E-state index >= 15 is 0 Å². The maximum absolute atomic E-state index is 12.0. The molecule has 27 heavy (non-hydrogen) atoms. The average Bonchev–Trinajstić information content (AvgIpc) is 2.64. The van der Waals surface area contributed by atoms with Crippen molar-refractivity contribution in [1.82, 2.24) is 20.9 Å². The molecule has 0 unspecified atom stereocenters. The number of amides is 1. The van der Waals surface area contributed by atoms with Crippen LogP contribution in [0, 0.1) is 5.41 Å². The van der Waals surface area contributed by atoms with E-state index in [1.54, 1.807) is 31.6 Å². The number of methoxy groups -OCH3 is 1. The molecule has 2 rings (SSSR count). The summed E-state index contributed by atoms with van der Waals surface area (Å²) in [4.78, 5) is 20.7. The molecule has 0 bridgehead atoms. The molecule has 0 atom stereocenters. The molecule has 0 saturated heterocycles. The molecule has 0 spiro atoms. The molecule has 1 aromatic heterocycles. The van der Waals surface area contributed by atoms with Crippen molar-refractivity contribution < 1.29 is 9.53 Å². The van der Waals surface area contributed by atoms with Gasteiger partial charge >= 0.3 is 0 Å². The van der Waals surface area contributed by atoms with Crippen molar-refractivity contribution >= 4 is 35.8 Å². The van der Waals surface area contributed by atoms with E-state index in [-0.39, 0.29) is 29.9 Å². The van der Waals surface area contributed by atoms with Crippen LogP contribution in [-0.4, -0.2) is 56.7 Å². The van der Waals surface area contributed by atoms with E-state index < -0.39 is 0 Å². The fourth-order valence-corrected chi connectivity index (χ4v) is 3.03. The maximum Gasteiger partial charge on any atom is 0.252 e. The lowest BCUT2D eigenvalue weighted by atomic mass is 9.67. The summed E-state index contributed by atoms with van der Waals surface area (Å²) < 4.78 is 5.24. The zero-order valence-electron chi connectivity index (χ0n) is 16.3. The van der Waals surface area contributed by atoms with Crippen LogP contribution in [0.1, 0.15) is 43.0 Å². The van der Waals surface area contributed by atoms with Gasteiger partial charge in [-0.25, -0.2) is 0 Å². The van der Waals surface area contributed by atoms with E-state index in [1.165, 1.54) is 19.3 Å². The number of ether oxygens (including phenoxy) is 1. The third kappa shape index (κ3) is 8.00. The topological polar surface area (TPSA) is 87.6 Å². The number of pyridine rings is 1. The van der Waals surface area contributed by atoms with E-state index in [0.717, 1.165) is 32.1 Å². The molecular formula is C19H32IN5O2. The SMILES string of the molecule is CCNC(=NCC1(CCOC)CCC1)NCCNC(=O)c1cccnc1.I. The molecule has 1 aromatic rings. The third-order valence-electron chi connectivity index (χ3n) is 4.79. The Morgan fingerprint density at radius 2 is 2.07 bits per heavy atom. The zero-order chi connectivity index (χ0) is 18.7. The highest BCUT2D eigenvalue weighted by molar-refractivity contribution is 14.0. The molecule has 1 heterocycles. The minimum absolute atomic E-state index is 0. The normalized spacial score (nSPS) is 15.3. The highest BCUT2D eigenvalue weighted by atomic mass is 127. The molecule has 1 aliphatic rings. The lowest BCUT2D eigenvalue weighted by Crippen LogP contribution is -2.43. The summed E-state index contributed by atoms with van der Waals surface area (Å²) in [5, 5.41) is 9.42. The third-order valence-corrected chi connectivity index (χ3v) is 4.79. The monoisotopic (exact) mass is 489 g/mol. The van der Waals surface area contributed by atoms with Gasteiger partial charge in [0.05, 0.1) is 5.56 Å². The minimum atomic E-state index is -0.116. The first-order valence-corrected chi connectivity index (χ1v) is 9.38. The second kappa shape index (κ2) is 12.9. The Bertz CT molecular complexity index is 579. The minimum Gasteiger partial charge on any atom is -0.385 e. The number of halogens is 1. The van der Waals surface area contributed by atoms with Gasteiger partial charge in [-0.15, -0.1) is 24.0 Å². The first-order chi connectivity index (χ1) is 12.7. The summed E-state index contributed by atoms with van der Waals surface area (Å²) in [6.07, 6.45) is 8.00.